The molecule has 2 aromatic rings. The van der Waals surface area contributed by atoms with E-state index in [1.54, 1.807) is 0 Å². The van der Waals surface area contributed by atoms with Gasteiger partial charge >= 0.3 is 0 Å². The van der Waals surface area contributed by atoms with Gasteiger partial charge in [-0.1, -0.05) is 30.3 Å². The lowest BCUT2D eigenvalue weighted by molar-refractivity contribution is 0.0755. The molecule has 1 aliphatic heterocycles. The maximum atomic E-state index is 12.5. The topological polar surface area (TPSA) is 96.0 Å². The SMILES string of the molecule is O=C(c1ncn[nH]1)N1CCC(c2ccccc2)S(=O)(=O)CC1. The molecule has 1 aromatic carbocycles. The fourth-order valence-electron chi connectivity index (χ4n) is 2.65. The number of aromatic nitrogens is 3. The summed E-state index contributed by atoms with van der Waals surface area (Å²) in [5.41, 5.74) is 0.775. The van der Waals surface area contributed by atoms with E-state index < -0.39 is 15.1 Å². The van der Waals surface area contributed by atoms with Crippen LogP contribution in [0.5, 0.6) is 0 Å². The van der Waals surface area contributed by atoms with Gasteiger partial charge in [0.15, 0.2) is 9.84 Å². The summed E-state index contributed by atoms with van der Waals surface area (Å²) in [7, 11) is -3.29. The number of benzene rings is 1. The molecule has 1 atom stereocenters. The highest BCUT2D eigenvalue weighted by Gasteiger charge is 2.33. The minimum absolute atomic E-state index is 0.0492. The van der Waals surface area contributed by atoms with E-state index in [0.717, 1.165) is 5.56 Å². The van der Waals surface area contributed by atoms with E-state index in [-0.39, 0.29) is 24.0 Å². The summed E-state index contributed by atoms with van der Waals surface area (Å²) in [4.78, 5) is 17.6. The zero-order valence-corrected chi connectivity index (χ0v) is 12.7. The van der Waals surface area contributed by atoms with Crippen molar-refractivity contribution in [3.8, 4) is 0 Å². The van der Waals surface area contributed by atoms with Crippen LogP contribution in [-0.4, -0.2) is 53.2 Å². The van der Waals surface area contributed by atoms with Crippen molar-refractivity contribution >= 4 is 15.7 Å². The smallest absolute Gasteiger partial charge is 0.291 e. The van der Waals surface area contributed by atoms with E-state index in [1.165, 1.54) is 11.2 Å². The number of H-pyrrole nitrogens is 1. The first-order valence-electron chi connectivity index (χ1n) is 6.99. The van der Waals surface area contributed by atoms with E-state index in [4.69, 9.17) is 0 Å². The molecule has 1 fully saturated rings. The number of carbonyl (C=O) groups is 1. The van der Waals surface area contributed by atoms with Gasteiger partial charge < -0.3 is 4.90 Å². The van der Waals surface area contributed by atoms with E-state index >= 15 is 0 Å². The highest BCUT2D eigenvalue weighted by Crippen LogP contribution is 2.29. The monoisotopic (exact) mass is 320 g/mol. The molecule has 0 aliphatic carbocycles. The number of nitrogens with zero attached hydrogens (tertiary/aromatic N) is 3. The lowest BCUT2D eigenvalue weighted by Gasteiger charge is -2.18. The van der Waals surface area contributed by atoms with Crippen molar-refractivity contribution in [1.82, 2.24) is 20.1 Å². The average Bonchev–Trinajstić information content (AvgIpc) is 3.00. The number of carbonyl (C=O) groups excluding carboxylic acids is 1. The third-order valence-electron chi connectivity index (χ3n) is 3.82. The zero-order valence-electron chi connectivity index (χ0n) is 11.8. The molecule has 1 aromatic heterocycles. The molecule has 0 saturated carbocycles. The van der Waals surface area contributed by atoms with Crippen LogP contribution < -0.4 is 0 Å². The fourth-order valence-corrected chi connectivity index (χ4v) is 4.44. The minimum Gasteiger partial charge on any atom is -0.335 e. The van der Waals surface area contributed by atoms with E-state index in [9.17, 15) is 13.2 Å². The van der Waals surface area contributed by atoms with Crippen molar-refractivity contribution in [1.29, 1.82) is 0 Å². The first-order chi connectivity index (χ1) is 10.6. The van der Waals surface area contributed by atoms with Crippen molar-refractivity contribution < 1.29 is 13.2 Å². The molecular weight excluding hydrogens is 304 g/mol. The fraction of sp³-hybridized carbons (Fsp3) is 0.357. The Balaban J connectivity index is 1.82. The van der Waals surface area contributed by atoms with Gasteiger partial charge in [-0.25, -0.2) is 13.4 Å². The van der Waals surface area contributed by atoms with Crippen LogP contribution in [0.25, 0.3) is 0 Å². The molecule has 22 heavy (non-hydrogen) atoms. The Morgan fingerprint density at radius 2 is 2.00 bits per heavy atom. The molecule has 8 heteroatoms. The summed E-state index contributed by atoms with van der Waals surface area (Å²) in [5, 5.41) is 5.60. The van der Waals surface area contributed by atoms with Crippen molar-refractivity contribution in [2.45, 2.75) is 11.7 Å². The average molecular weight is 320 g/mol. The Labute approximate surface area is 128 Å². The predicted octanol–water partition coefficient (Wildman–Crippen LogP) is 0.807. The van der Waals surface area contributed by atoms with Gasteiger partial charge in [0.1, 0.15) is 6.33 Å². The first kappa shape index (κ1) is 14.7. The quantitative estimate of drug-likeness (QED) is 0.883. The molecule has 3 rings (SSSR count). The second-order valence-electron chi connectivity index (χ2n) is 5.18. The molecule has 1 N–H and O–H groups in total. The highest BCUT2D eigenvalue weighted by atomic mass is 32.2. The number of rotatable bonds is 2. The number of aromatic amines is 1. The van der Waals surface area contributed by atoms with Crippen LogP contribution >= 0.6 is 0 Å². The van der Waals surface area contributed by atoms with E-state index in [2.05, 4.69) is 15.2 Å². The Kier molecular flexibility index (Phi) is 3.93. The molecule has 1 unspecified atom stereocenters. The van der Waals surface area contributed by atoms with Crippen LogP contribution in [0.1, 0.15) is 27.9 Å². The van der Waals surface area contributed by atoms with Gasteiger partial charge in [0.25, 0.3) is 5.91 Å². The van der Waals surface area contributed by atoms with Gasteiger partial charge in [-0.2, -0.15) is 5.10 Å². The van der Waals surface area contributed by atoms with Crippen LogP contribution in [0.15, 0.2) is 36.7 Å². The second kappa shape index (κ2) is 5.88. The molecular formula is C14H16N4O3S. The first-order valence-corrected chi connectivity index (χ1v) is 8.70. The van der Waals surface area contributed by atoms with Crippen LogP contribution in [0.3, 0.4) is 0 Å². The lowest BCUT2D eigenvalue weighted by Crippen LogP contribution is -2.34. The largest absolute Gasteiger partial charge is 0.335 e. The van der Waals surface area contributed by atoms with Crippen molar-refractivity contribution in [2.24, 2.45) is 0 Å². The number of hydrogen-bond acceptors (Lipinski definition) is 5. The van der Waals surface area contributed by atoms with E-state index in [0.29, 0.717) is 13.0 Å². The van der Waals surface area contributed by atoms with Gasteiger partial charge in [0.05, 0.1) is 11.0 Å². The van der Waals surface area contributed by atoms with Gasteiger partial charge in [-0.15, -0.1) is 0 Å². The maximum Gasteiger partial charge on any atom is 0.291 e. The Hall–Kier alpha value is -2.22. The summed E-state index contributed by atoms with van der Waals surface area (Å²) in [6.07, 6.45) is 1.64. The molecule has 0 spiro atoms. The second-order valence-corrected chi connectivity index (χ2v) is 7.48. The Bertz CT molecular complexity index is 744. The molecule has 1 saturated heterocycles. The van der Waals surface area contributed by atoms with Crippen LogP contribution in [-0.2, 0) is 9.84 Å². The highest BCUT2D eigenvalue weighted by molar-refractivity contribution is 7.91. The van der Waals surface area contributed by atoms with Crippen LogP contribution in [0.2, 0.25) is 0 Å². The lowest BCUT2D eigenvalue weighted by atomic mass is 10.1. The van der Waals surface area contributed by atoms with Gasteiger partial charge in [0.2, 0.25) is 5.82 Å². The summed E-state index contributed by atoms with van der Waals surface area (Å²) in [5.74, 6) is -0.233. The normalized spacial score (nSPS) is 21.3. The molecule has 2 heterocycles. The predicted molar refractivity (Wildman–Crippen MR) is 79.9 cm³/mol. The van der Waals surface area contributed by atoms with E-state index in [1.807, 2.05) is 30.3 Å². The van der Waals surface area contributed by atoms with Gasteiger partial charge in [-0.05, 0) is 12.0 Å². The molecule has 7 nitrogen and oxygen atoms in total. The third-order valence-corrected chi connectivity index (χ3v) is 5.94. The maximum absolute atomic E-state index is 12.5. The molecule has 1 aliphatic rings. The zero-order chi connectivity index (χ0) is 15.6. The van der Waals surface area contributed by atoms with Gasteiger partial charge in [-0.3, -0.25) is 9.89 Å². The van der Waals surface area contributed by atoms with Crippen molar-refractivity contribution in [3.05, 3.63) is 48.0 Å². The van der Waals surface area contributed by atoms with Gasteiger partial charge in [0, 0.05) is 13.1 Å². The number of sulfone groups is 1. The summed E-state index contributed by atoms with van der Waals surface area (Å²) < 4.78 is 25.0. The van der Waals surface area contributed by atoms with Crippen molar-refractivity contribution in [3.63, 3.8) is 0 Å². The minimum atomic E-state index is -3.29. The third kappa shape index (κ3) is 2.87. The number of amides is 1. The Morgan fingerprint density at radius 1 is 1.23 bits per heavy atom. The standard InChI is InChI=1S/C14H16N4O3S/c19-14(13-15-10-16-17-13)18-7-6-12(22(20,21)9-8-18)11-4-2-1-3-5-11/h1-5,10,12H,6-9H2,(H,15,16,17). The molecule has 1 amide bonds. The Morgan fingerprint density at radius 3 is 2.68 bits per heavy atom. The van der Waals surface area contributed by atoms with Crippen LogP contribution in [0.4, 0.5) is 0 Å². The molecule has 0 bridgehead atoms. The van der Waals surface area contributed by atoms with Crippen molar-refractivity contribution in [2.75, 3.05) is 18.8 Å². The van der Waals surface area contributed by atoms with Crippen LogP contribution in [0, 0.1) is 0 Å². The summed E-state index contributed by atoms with van der Waals surface area (Å²) in [6, 6.07) is 9.14. The molecule has 0 radical (unpaired) electrons. The molecule has 116 valence electrons. The number of hydrogen-bond donors (Lipinski definition) is 1. The summed E-state index contributed by atoms with van der Waals surface area (Å²) in [6.45, 7) is 0.545. The summed E-state index contributed by atoms with van der Waals surface area (Å²) >= 11 is 0. The number of nitrogens with one attached hydrogen (secondary N) is 1.